The summed E-state index contributed by atoms with van der Waals surface area (Å²) in [7, 11) is 0. The number of benzene rings is 1. The van der Waals surface area contributed by atoms with Crippen molar-refractivity contribution in [1.82, 2.24) is 14.9 Å². The molecule has 2 fully saturated rings. The van der Waals surface area contributed by atoms with Gasteiger partial charge in [0.15, 0.2) is 5.82 Å². The Bertz CT molecular complexity index is 883. The van der Waals surface area contributed by atoms with E-state index in [0.717, 1.165) is 6.07 Å². The Kier molecular flexibility index (Phi) is 3.75. The Morgan fingerprint density at radius 2 is 1.84 bits per heavy atom. The second-order valence-corrected chi connectivity index (χ2v) is 6.97. The predicted molar refractivity (Wildman–Crippen MR) is 86.0 cm³/mol. The molecule has 0 saturated carbocycles. The van der Waals surface area contributed by atoms with Crippen molar-refractivity contribution >= 4 is 38.7 Å². The molecule has 2 aliphatic heterocycles. The number of rotatable bonds is 1. The molecule has 2 saturated heterocycles. The van der Waals surface area contributed by atoms with Crippen molar-refractivity contribution in [3.8, 4) is 0 Å². The maximum atomic E-state index is 14.3. The van der Waals surface area contributed by atoms with Gasteiger partial charge >= 0.3 is 12.2 Å². The summed E-state index contributed by atoms with van der Waals surface area (Å²) in [5.41, 5.74) is -0.316. The Balaban J connectivity index is 1.82. The number of hydrogen-bond acceptors (Lipinski definition) is 4. The molecular formula is C15H12BrF3N4O2. The molecule has 1 amide bonds. The lowest BCUT2D eigenvalue weighted by Crippen LogP contribution is -2.55. The van der Waals surface area contributed by atoms with Gasteiger partial charge in [0.1, 0.15) is 17.2 Å². The van der Waals surface area contributed by atoms with Crippen LogP contribution < -0.4 is 4.90 Å². The zero-order valence-corrected chi connectivity index (χ0v) is 14.3. The van der Waals surface area contributed by atoms with Crippen LogP contribution in [0.4, 0.5) is 23.8 Å². The molecule has 10 heteroatoms. The Morgan fingerprint density at radius 3 is 2.44 bits per heavy atom. The number of amides is 1. The van der Waals surface area contributed by atoms with Gasteiger partial charge in [-0.2, -0.15) is 14.4 Å². The number of fused-ring (bicyclic) bond motifs is 3. The third-order valence-electron chi connectivity index (χ3n) is 4.78. The number of anilines is 1. The lowest BCUT2D eigenvalue weighted by Gasteiger charge is -2.40. The number of nitrogens with zero attached hydrogens (tertiary/aromatic N) is 4. The summed E-state index contributed by atoms with van der Waals surface area (Å²) >= 11 is 2.78. The number of piperazine rings is 1. The summed E-state index contributed by atoms with van der Waals surface area (Å²) < 4.78 is 41.7. The molecule has 2 aliphatic rings. The smallest absolute Gasteiger partial charge is 0.407 e. The highest BCUT2D eigenvalue weighted by atomic mass is 79.9. The Morgan fingerprint density at radius 1 is 1.20 bits per heavy atom. The first-order chi connectivity index (χ1) is 11.9. The molecule has 2 bridgehead atoms. The van der Waals surface area contributed by atoms with Gasteiger partial charge < -0.3 is 10.0 Å². The van der Waals surface area contributed by atoms with Gasteiger partial charge in [0.25, 0.3) is 0 Å². The van der Waals surface area contributed by atoms with Crippen molar-refractivity contribution in [2.24, 2.45) is 0 Å². The van der Waals surface area contributed by atoms with Gasteiger partial charge in [-0.25, -0.2) is 13.6 Å². The van der Waals surface area contributed by atoms with Gasteiger partial charge in [-0.3, -0.25) is 4.90 Å². The molecule has 4 rings (SSSR count). The highest BCUT2D eigenvalue weighted by Gasteiger charge is 2.43. The van der Waals surface area contributed by atoms with Crippen LogP contribution in [0.2, 0.25) is 0 Å². The molecule has 0 radical (unpaired) electrons. The number of hydrogen-bond donors (Lipinski definition) is 1. The van der Waals surface area contributed by atoms with Crippen molar-refractivity contribution in [1.29, 1.82) is 0 Å². The van der Waals surface area contributed by atoms with Crippen LogP contribution >= 0.6 is 15.9 Å². The first kappa shape index (κ1) is 16.4. The topological polar surface area (TPSA) is 69.6 Å². The van der Waals surface area contributed by atoms with Crippen LogP contribution in [0.15, 0.2) is 10.5 Å². The molecule has 2 atom stereocenters. The SMILES string of the molecule is O=C(O)N1[C@@H]2CC[C@H]1CN(c1nc(F)nc3c(F)c(Br)c(F)cc13)C2. The molecule has 6 nitrogen and oxygen atoms in total. The van der Waals surface area contributed by atoms with Gasteiger partial charge in [0.2, 0.25) is 0 Å². The number of halogens is 4. The fourth-order valence-corrected chi connectivity index (χ4v) is 4.06. The third-order valence-corrected chi connectivity index (χ3v) is 5.51. The fraction of sp³-hybridized carbons (Fsp3) is 0.400. The number of carboxylic acid groups (broad SMARTS) is 1. The van der Waals surface area contributed by atoms with Crippen LogP contribution in [-0.2, 0) is 0 Å². The van der Waals surface area contributed by atoms with E-state index in [4.69, 9.17) is 0 Å². The molecule has 0 unspecified atom stereocenters. The highest BCUT2D eigenvalue weighted by Crippen LogP contribution is 2.36. The first-order valence-corrected chi connectivity index (χ1v) is 8.43. The van der Waals surface area contributed by atoms with Gasteiger partial charge in [-0.05, 0) is 34.8 Å². The van der Waals surface area contributed by atoms with Gasteiger partial charge in [0.05, 0.1) is 16.6 Å². The molecule has 132 valence electrons. The van der Waals surface area contributed by atoms with E-state index in [2.05, 4.69) is 25.9 Å². The minimum atomic E-state index is -1.12. The van der Waals surface area contributed by atoms with E-state index >= 15 is 0 Å². The average Bonchev–Trinajstić information content (AvgIpc) is 2.84. The molecular weight excluding hydrogens is 405 g/mol. The normalized spacial score (nSPS) is 22.7. The molecule has 2 aromatic rings. The molecule has 3 heterocycles. The Labute approximate surface area is 148 Å². The Hall–Kier alpha value is -2.10. The van der Waals surface area contributed by atoms with Gasteiger partial charge in [0, 0.05) is 18.5 Å². The minimum Gasteiger partial charge on any atom is -0.465 e. The van der Waals surface area contributed by atoms with Crippen molar-refractivity contribution in [3.05, 3.63) is 28.3 Å². The second kappa shape index (κ2) is 5.72. The molecule has 25 heavy (non-hydrogen) atoms. The molecule has 1 N–H and O–H groups in total. The van der Waals surface area contributed by atoms with Crippen LogP contribution in [-0.4, -0.2) is 51.2 Å². The monoisotopic (exact) mass is 416 g/mol. The predicted octanol–water partition coefficient (Wildman–Crippen LogP) is 3.14. The molecule has 0 aliphatic carbocycles. The van der Waals surface area contributed by atoms with Crippen LogP contribution in [0.25, 0.3) is 10.9 Å². The lowest BCUT2D eigenvalue weighted by molar-refractivity contribution is 0.114. The number of aromatic nitrogens is 2. The molecule has 1 aromatic carbocycles. The summed E-state index contributed by atoms with van der Waals surface area (Å²) in [6.45, 7) is 0.571. The zero-order valence-electron chi connectivity index (χ0n) is 12.7. The second-order valence-electron chi connectivity index (χ2n) is 6.18. The van der Waals surface area contributed by atoms with Crippen molar-refractivity contribution < 1.29 is 23.1 Å². The zero-order chi connectivity index (χ0) is 17.9. The van der Waals surface area contributed by atoms with Crippen molar-refractivity contribution in [2.45, 2.75) is 24.9 Å². The minimum absolute atomic E-state index is 0.0581. The van der Waals surface area contributed by atoms with E-state index in [1.54, 1.807) is 4.90 Å². The standard InChI is InChI=1S/C15H12BrF3N4O2/c16-10-9(17)3-8-12(11(10)18)20-14(19)21-13(8)22-4-6-1-2-7(5-22)23(6)15(24)25/h3,6-7H,1-2,4-5H2,(H,24,25)/t6-,7+. The third kappa shape index (κ3) is 2.50. The van der Waals surface area contributed by atoms with Crippen LogP contribution in [0, 0.1) is 17.7 Å². The van der Waals surface area contributed by atoms with E-state index in [1.165, 1.54) is 4.90 Å². The quantitative estimate of drug-likeness (QED) is 0.571. The first-order valence-electron chi connectivity index (χ1n) is 7.63. The fourth-order valence-electron chi connectivity index (χ4n) is 3.76. The van der Waals surface area contributed by atoms with Crippen LogP contribution in [0.1, 0.15) is 12.8 Å². The maximum absolute atomic E-state index is 14.3. The van der Waals surface area contributed by atoms with Crippen LogP contribution in [0.5, 0.6) is 0 Å². The number of carbonyl (C=O) groups is 1. The lowest BCUT2D eigenvalue weighted by atomic mass is 10.1. The van der Waals surface area contributed by atoms with Crippen molar-refractivity contribution in [2.75, 3.05) is 18.0 Å². The summed E-state index contributed by atoms with van der Waals surface area (Å²) in [4.78, 5) is 21.6. The molecule has 1 aromatic heterocycles. The van der Waals surface area contributed by atoms with Gasteiger partial charge in [-0.1, -0.05) is 0 Å². The van der Waals surface area contributed by atoms with Gasteiger partial charge in [-0.15, -0.1) is 0 Å². The largest absolute Gasteiger partial charge is 0.465 e. The van der Waals surface area contributed by atoms with E-state index in [-0.39, 0.29) is 41.9 Å². The summed E-state index contributed by atoms with van der Waals surface area (Å²) in [6.07, 6.45) is -0.736. The molecule has 0 spiro atoms. The summed E-state index contributed by atoms with van der Waals surface area (Å²) in [5.74, 6) is -1.76. The van der Waals surface area contributed by atoms with E-state index < -0.39 is 28.3 Å². The average molecular weight is 417 g/mol. The van der Waals surface area contributed by atoms with E-state index in [1.807, 2.05) is 0 Å². The summed E-state index contributed by atoms with van der Waals surface area (Å²) in [6, 6.07) is 0.548. The maximum Gasteiger partial charge on any atom is 0.407 e. The van der Waals surface area contributed by atoms with Crippen LogP contribution in [0.3, 0.4) is 0 Å². The van der Waals surface area contributed by atoms with Crippen molar-refractivity contribution in [3.63, 3.8) is 0 Å². The van der Waals surface area contributed by atoms with E-state index in [0.29, 0.717) is 12.8 Å². The highest BCUT2D eigenvalue weighted by molar-refractivity contribution is 9.10. The summed E-state index contributed by atoms with van der Waals surface area (Å²) in [5, 5.41) is 9.37. The van der Waals surface area contributed by atoms with E-state index in [9.17, 15) is 23.1 Å².